The Morgan fingerprint density at radius 2 is 2.47 bits per heavy atom. The molecule has 2 heterocycles. The van der Waals surface area contributed by atoms with Crippen LogP contribution in [0.5, 0.6) is 0 Å². The molecular weight excluding hydrogens is 278 g/mol. The first kappa shape index (κ1) is 10.8. The van der Waals surface area contributed by atoms with Crippen molar-refractivity contribution in [3.63, 3.8) is 0 Å². The van der Waals surface area contributed by atoms with Gasteiger partial charge in [0.25, 0.3) is 5.89 Å². The summed E-state index contributed by atoms with van der Waals surface area (Å²) in [6.07, 6.45) is 0.631. The second-order valence-corrected chi connectivity index (χ2v) is 5.07. The molecule has 0 spiro atoms. The molecule has 0 aliphatic heterocycles. The van der Waals surface area contributed by atoms with Crippen LogP contribution in [-0.2, 0) is 6.42 Å². The van der Waals surface area contributed by atoms with Gasteiger partial charge in [0.05, 0.1) is 0 Å². The topological polar surface area (TPSA) is 64.9 Å². The summed E-state index contributed by atoms with van der Waals surface area (Å²) in [6.45, 7) is 1.91. The average Bonchev–Trinajstić information content (AvgIpc) is 2.72. The summed E-state index contributed by atoms with van der Waals surface area (Å²) >= 11 is 4.98. The van der Waals surface area contributed by atoms with E-state index in [-0.39, 0.29) is 6.04 Å². The van der Waals surface area contributed by atoms with Crippen molar-refractivity contribution < 1.29 is 4.52 Å². The Kier molecular flexibility index (Phi) is 3.18. The average molecular weight is 288 g/mol. The number of rotatable bonds is 3. The van der Waals surface area contributed by atoms with Crippen molar-refractivity contribution in [3.8, 4) is 10.8 Å². The summed E-state index contributed by atoms with van der Waals surface area (Å²) in [6, 6.07) is 2.00. The van der Waals surface area contributed by atoms with Crippen LogP contribution in [0.1, 0.15) is 12.7 Å². The minimum Gasteiger partial charge on any atom is -0.333 e. The lowest BCUT2D eigenvalue weighted by atomic mass is 10.2. The van der Waals surface area contributed by atoms with Crippen molar-refractivity contribution in [2.75, 3.05) is 0 Å². The highest BCUT2D eigenvalue weighted by Crippen LogP contribution is 2.32. The number of thiophene rings is 1. The molecule has 1 unspecified atom stereocenters. The first-order valence-corrected chi connectivity index (χ1v) is 6.15. The molecule has 15 heavy (non-hydrogen) atoms. The van der Waals surface area contributed by atoms with Gasteiger partial charge in [0, 0.05) is 16.9 Å². The largest absolute Gasteiger partial charge is 0.333 e. The first-order chi connectivity index (χ1) is 7.16. The van der Waals surface area contributed by atoms with E-state index in [1.807, 2.05) is 18.4 Å². The predicted octanol–water partition coefficient (Wildman–Crippen LogP) is 2.45. The highest BCUT2D eigenvalue weighted by Gasteiger charge is 2.13. The Bertz CT molecular complexity index is 452. The van der Waals surface area contributed by atoms with E-state index in [9.17, 15) is 0 Å². The number of nitrogens with zero attached hydrogens (tertiary/aromatic N) is 2. The fourth-order valence-electron chi connectivity index (χ4n) is 1.16. The molecule has 0 saturated carbocycles. The molecule has 6 heteroatoms. The molecular formula is C9H10BrN3OS. The normalized spacial score (nSPS) is 13.0. The van der Waals surface area contributed by atoms with Crippen molar-refractivity contribution in [3.05, 3.63) is 21.7 Å². The number of hydrogen-bond acceptors (Lipinski definition) is 5. The molecule has 0 aliphatic rings. The molecule has 0 radical (unpaired) electrons. The number of nitrogens with two attached hydrogens (primary N) is 1. The van der Waals surface area contributed by atoms with Crippen LogP contribution in [0, 0.1) is 0 Å². The van der Waals surface area contributed by atoms with Crippen LogP contribution in [0.15, 0.2) is 20.4 Å². The van der Waals surface area contributed by atoms with Gasteiger partial charge in [-0.15, -0.1) is 11.3 Å². The summed E-state index contributed by atoms with van der Waals surface area (Å²) in [7, 11) is 0. The van der Waals surface area contributed by atoms with E-state index in [0.29, 0.717) is 18.1 Å². The predicted molar refractivity (Wildman–Crippen MR) is 62.7 cm³/mol. The van der Waals surface area contributed by atoms with Gasteiger partial charge in [-0.3, -0.25) is 0 Å². The van der Waals surface area contributed by atoms with Crippen LogP contribution in [0.2, 0.25) is 0 Å². The number of hydrogen-bond donors (Lipinski definition) is 1. The van der Waals surface area contributed by atoms with Gasteiger partial charge in [-0.05, 0) is 34.3 Å². The molecule has 0 saturated heterocycles. The minimum absolute atomic E-state index is 0.0437. The van der Waals surface area contributed by atoms with Crippen LogP contribution < -0.4 is 5.73 Å². The van der Waals surface area contributed by atoms with E-state index < -0.39 is 0 Å². The summed E-state index contributed by atoms with van der Waals surface area (Å²) in [5, 5.41) is 5.84. The van der Waals surface area contributed by atoms with Crippen LogP contribution >= 0.6 is 27.3 Å². The fourth-order valence-corrected chi connectivity index (χ4v) is 2.63. The lowest BCUT2D eigenvalue weighted by Crippen LogP contribution is -2.18. The summed E-state index contributed by atoms with van der Waals surface area (Å²) in [4.78, 5) is 5.23. The van der Waals surface area contributed by atoms with Crippen LogP contribution in [0.25, 0.3) is 10.8 Å². The molecule has 2 N–H and O–H groups in total. The van der Waals surface area contributed by atoms with Crippen molar-refractivity contribution in [1.29, 1.82) is 0 Å². The van der Waals surface area contributed by atoms with Gasteiger partial charge < -0.3 is 10.3 Å². The molecule has 1 atom stereocenters. The van der Waals surface area contributed by atoms with Crippen molar-refractivity contribution in [2.24, 2.45) is 5.73 Å². The molecule has 4 nitrogen and oxygen atoms in total. The van der Waals surface area contributed by atoms with E-state index in [4.69, 9.17) is 10.3 Å². The number of halogens is 1. The Balaban J connectivity index is 2.24. The SMILES string of the molecule is CC(N)Cc1noc(-c2sccc2Br)n1. The van der Waals surface area contributed by atoms with Crippen LogP contribution in [-0.4, -0.2) is 16.2 Å². The minimum atomic E-state index is 0.0437. The Morgan fingerprint density at radius 3 is 3.07 bits per heavy atom. The maximum absolute atomic E-state index is 5.65. The molecule has 0 amide bonds. The molecule has 0 fully saturated rings. The standard InChI is InChI=1S/C9H10BrN3OS/c1-5(11)4-7-12-9(14-13-7)8-6(10)2-3-15-8/h2-3,5H,4,11H2,1H3. The zero-order valence-electron chi connectivity index (χ0n) is 8.11. The fraction of sp³-hybridized carbons (Fsp3) is 0.333. The van der Waals surface area contributed by atoms with E-state index in [1.54, 1.807) is 11.3 Å². The van der Waals surface area contributed by atoms with Crippen molar-refractivity contribution >= 4 is 27.3 Å². The van der Waals surface area contributed by atoms with Gasteiger partial charge in [-0.2, -0.15) is 4.98 Å². The summed E-state index contributed by atoms with van der Waals surface area (Å²) in [5.74, 6) is 1.20. The second kappa shape index (κ2) is 4.42. The highest BCUT2D eigenvalue weighted by molar-refractivity contribution is 9.10. The quantitative estimate of drug-likeness (QED) is 0.942. The highest BCUT2D eigenvalue weighted by atomic mass is 79.9. The molecule has 0 bridgehead atoms. The van der Waals surface area contributed by atoms with E-state index in [1.165, 1.54) is 0 Å². The lowest BCUT2D eigenvalue weighted by molar-refractivity contribution is 0.421. The van der Waals surface area contributed by atoms with Gasteiger partial charge in [0.2, 0.25) is 0 Å². The lowest BCUT2D eigenvalue weighted by Gasteiger charge is -1.96. The molecule has 0 aromatic carbocycles. The molecule has 2 aromatic heterocycles. The molecule has 0 aliphatic carbocycles. The third-order valence-corrected chi connectivity index (χ3v) is 3.61. The summed E-state index contributed by atoms with van der Waals surface area (Å²) < 4.78 is 6.13. The van der Waals surface area contributed by atoms with Gasteiger partial charge >= 0.3 is 0 Å². The van der Waals surface area contributed by atoms with Gasteiger partial charge in [0.15, 0.2) is 5.82 Å². The third kappa shape index (κ3) is 2.45. The van der Waals surface area contributed by atoms with Crippen LogP contribution in [0.3, 0.4) is 0 Å². The van der Waals surface area contributed by atoms with E-state index in [2.05, 4.69) is 26.1 Å². The second-order valence-electron chi connectivity index (χ2n) is 3.29. The van der Waals surface area contributed by atoms with Gasteiger partial charge in [-0.1, -0.05) is 5.16 Å². The van der Waals surface area contributed by atoms with E-state index >= 15 is 0 Å². The third-order valence-electron chi connectivity index (χ3n) is 1.78. The monoisotopic (exact) mass is 287 g/mol. The molecule has 2 aromatic rings. The molecule has 2 rings (SSSR count). The Labute approximate surface area is 99.6 Å². The number of aromatic nitrogens is 2. The maximum atomic E-state index is 5.65. The summed E-state index contributed by atoms with van der Waals surface area (Å²) in [5.41, 5.74) is 5.65. The molecule has 80 valence electrons. The zero-order chi connectivity index (χ0) is 10.8. The van der Waals surface area contributed by atoms with Gasteiger partial charge in [-0.25, -0.2) is 0 Å². The maximum Gasteiger partial charge on any atom is 0.269 e. The van der Waals surface area contributed by atoms with Crippen LogP contribution in [0.4, 0.5) is 0 Å². The van der Waals surface area contributed by atoms with Crippen molar-refractivity contribution in [2.45, 2.75) is 19.4 Å². The van der Waals surface area contributed by atoms with E-state index in [0.717, 1.165) is 9.35 Å². The zero-order valence-corrected chi connectivity index (χ0v) is 10.5. The Morgan fingerprint density at radius 1 is 1.67 bits per heavy atom. The van der Waals surface area contributed by atoms with Crippen molar-refractivity contribution in [1.82, 2.24) is 10.1 Å². The first-order valence-electron chi connectivity index (χ1n) is 4.48. The Hall–Kier alpha value is -0.720. The smallest absolute Gasteiger partial charge is 0.269 e. The van der Waals surface area contributed by atoms with Gasteiger partial charge in [0.1, 0.15) is 4.88 Å².